The molecule has 0 aliphatic carbocycles. The number of likely N-dealkylation sites (tertiary alicyclic amines) is 2. The fourth-order valence-corrected chi connectivity index (χ4v) is 3.94. The number of hydrogen-bond acceptors (Lipinski definition) is 2. The Hall–Kier alpha value is -0.150. The molecule has 0 amide bonds. The summed E-state index contributed by atoms with van der Waals surface area (Å²) >= 11 is 0. The summed E-state index contributed by atoms with van der Waals surface area (Å²) in [6.07, 6.45) is 5.17. The lowest BCUT2D eigenvalue weighted by molar-refractivity contribution is -0.0389. The summed E-state index contributed by atoms with van der Waals surface area (Å²) in [5.41, 5.74) is 0.265. The molecule has 0 aromatic carbocycles. The van der Waals surface area contributed by atoms with Gasteiger partial charge in [-0.1, -0.05) is 0 Å². The molecule has 2 rings (SSSR count). The van der Waals surface area contributed by atoms with Crippen LogP contribution in [0, 0.1) is 5.41 Å². The molecular weight excluding hydrogens is 227 g/mol. The summed E-state index contributed by atoms with van der Waals surface area (Å²) < 4.78 is 13.2. The van der Waals surface area contributed by atoms with E-state index in [1.165, 1.54) is 38.8 Å². The van der Waals surface area contributed by atoms with Gasteiger partial charge in [0.1, 0.15) is 6.67 Å². The van der Waals surface area contributed by atoms with Crippen LogP contribution in [0.15, 0.2) is 0 Å². The molecule has 1 atom stereocenters. The van der Waals surface area contributed by atoms with Crippen LogP contribution in [0.1, 0.15) is 46.5 Å². The van der Waals surface area contributed by atoms with Gasteiger partial charge >= 0.3 is 0 Å². The molecule has 0 radical (unpaired) electrons. The molecule has 18 heavy (non-hydrogen) atoms. The Kier molecular flexibility index (Phi) is 4.03. The van der Waals surface area contributed by atoms with E-state index in [-0.39, 0.29) is 12.2 Å². The van der Waals surface area contributed by atoms with Gasteiger partial charge in [0.05, 0.1) is 0 Å². The van der Waals surface area contributed by atoms with Crippen LogP contribution in [-0.4, -0.2) is 54.7 Å². The molecule has 2 aliphatic heterocycles. The molecule has 2 saturated heterocycles. The topological polar surface area (TPSA) is 6.48 Å². The highest BCUT2D eigenvalue weighted by Gasteiger charge is 2.43. The zero-order chi connectivity index (χ0) is 13.4. The Labute approximate surface area is 112 Å². The minimum Gasteiger partial charge on any atom is -0.306 e. The smallest absolute Gasteiger partial charge is 0.107 e. The molecule has 2 fully saturated rings. The highest BCUT2D eigenvalue weighted by Crippen LogP contribution is 2.44. The summed E-state index contributed by atoms with van der Waals surface area (Å²) in [6.45, 7) is 9.66. The van der Waals surface area contributed by atoms with Crippen molar-refractivity contribution in [2.75, 3.05) is 33.4 Å². The molecule has 3 heteroatoms. The third-order valence-corrected chi connectivity index (χ3v) is 5.30. The van der Waals surface area contributed by atoms with Crippen molar-refractivity contribution < 1.29 is 4.39 Å². The Morgan fingerprint density at radius 1 is 1.17 bits per heavy atom. The second kappa shape index (κ2) is 5.09. The van der Waals surface area contributed by atoms with Crippen LogP contribution in [-0.2, 0) is 0 Å². The standard InChI is InChI=1S/C15H29FN2/c1-13-11-15(5-8-17(4)9-6-15)7-10-18(13)14(2,3)12-16/h13H,5-12H2,1-4H3. The van der Waals surface area contributed by atoms with Gasteiger partial charge in [-0.3, -0.25) is 4.90 Å². The van der Waals surface area contributed by atoms with E-state index >= 15 is 0 Å². The maximum atomic E-state index is 13.2. The van der Waals surface area contributed by atoms with Gasteiger partial charge < -0.3 is 4.90 Å². The molecule has 1 spiro atoms. The number of rotatable bonds is 2. The molecule has 0 N–H and O–H groups in total. The van der Waals surface area contributed by atoms with Gasteiger partial charge in [0, 0.05) is 11.6 Å². The van der Waals surface area contributed by atoms with Gasteiger partial charge in [0.15, 0.2) is 0 Å². The first-order valence-electron chi connectivity index (χ1n) is 7.40. The van der Waals surface area contributed by atoms with Crippen molar-refractivity contribution in [1.29, 1.82) is 0 Å². The van der Waals surface area contributed by atoms with Crippen molar-refractivity contribution >= 4 is 0 Å². The first-order chi connectivity index (χ1) is 8.38. The van der Waals surface area contributed by atoms with Crippen molar-refractivity contribution in [2.24, 2.45) is 5.41 Å². The average molecular weight is 256 g/mol. The third kappa shape index (κ3) is 2.72. The van der Waals surface area contributed by atoms with E-state index < -0.39 is 0 Å². The highest BCUT2D eigenvalue weighted by molar-refractivity contribution is 4.97. The SMILES string of the molecule is CC1CC2(CCN(C)CC2)CCN1C(C)(C)CF. The first-order valence-corrected chi connectivity index (χ1v) is 7.40. The van der Waals surface area contributed by atoms with Crippen LogP contribution in [0.3, 0.4) is 0 Å². The lowest BCUT2D eigenvalue weighted by Gasteiger charge is -2.53. The van der Waals surface area contributed by atoms with Crippen LogP contribution in [0.25, 0.3) is 0 Å². The molecule has 2 heterocycles. The minimum atomic E-state index is -0.285. The fraction of sp³-hybridized carbons (Fsp3) is 1.00. The zero-order valence-corrected chi connectivity index (χ0v) is 12.5. The molecule has 2 nitrogen and oxygen atoms in total. The summed E-state index contributed by atoms with van der Waals surface area (Å²) in [6, 6.07) is 0.521. The average Bonchev–Trinajstić information content (AvgIpc) is 2.33. The number of halogens is 1. The van der Waals surface area contributed by atoms with Gasteiger partial charge in [-0.05, 0) is 78.6 Å². The second-order valence-corrected chi connectivity index (χ2v) is 7.25. The van der Waals surface area contributed by atoms with Crippen molar-refractivity contribution in [1.82, 2.24) is 9.80 Å². The van der Waals surface area contributed by atoms with E-state index in [0.717, 1.165) is 6.54 Å². The van der Waals surface area contributed by atoms with Gasteiger partial charge in [-0.25, -0.2) is 4.39 Å². The summed E-state index contributed by atoms with van der Waals surface area (Å²) in [5, 5.41) is 0. The Balaban J connectivity index is 2.00. The maximum Gasteiger partial charge on any atom is 0.107 e. The van der Waals surface area contributed by atoms with Crippen LogP contribution >= 0.6 is 0 Å². The molecule has 2 aliphatic rings. The van der Waals surface area contributed by atoms with E-state index in [2.05, 4.69) is 23.8 Å². The number of alkyl halides is 1. The van der Waals surface area contributed by atoms with Gasteiger partial charge in [0.2, 0.25) is 0 Å². The maximum absolute atomic E-state index is 13.2. The van der Waals surface area contributed by atoms with Gasteiger partial charge in [0.25, 0.3) is 0 Å². The van der Waals surface area contributed by atoms with E-state index in [1.807, 2.05) is 13.8 Å². The van der Waals surface area contributed by atoms with E-state index in [1.54, 1.807) is 0 Å². The summed E-state index contributed by atoms with van der Waals surface area (Å²) in [4.78, 5) is 4.82. The Morgan fingerprint density at radius 2 is 1.72 bits per heavy atom. The molecule has 0 saturated carbocycles. The summed E-state index contributed by atoms with van der Waals surface area (Å²) in [7, 11) is 2.22. The number of hydrogen-bond donors (Lipinski definition) is 0. The lowest BCUT2D eigenvalue weighted by Crippen LogP contribution is -2.57. The van der Waals surface area contributed by atoms with E-state index in [0.29, 0.717) is 11.5 Å². The van der Waals surface area contributed by atoms with Crippen molar-refractivity contribution in [2.45, 2.75) is 58.0 Å². The molecule has 0 aromatic heterocycles. The largest absolute Gasteiger partial charge is 0.306 e. The van der Waals surface area contributed by atoms with Crippen LogP contribution < -0.4 is 0 Å². The van der Waals surface area contributed by atoms with Crippen molar-refractivity contribution in [3.05, 3.63) is 0 Å². The molecular formula is C15H29FN2. The van der Waals surface area contributed by atoms with Crippen LogP contribution in [0.2, 0.25) is 0 Å². The Bertz CT molecular complexity index is 282. The lowest BCUT2D eigenvalue weighted by atomic mass is 9.68. The predicted octanol–water partition coefficient (Wildman–Crippen LogP) is 2.93. The summed E-state index contributed by atoms with van der Waals surface area (Å²) in [5.74, 6) is 0. The zero-order valence-electron chi connectivity index (χ0n) is 12.5. The molecule has 106 valence electrons. The molecule has 1 unspecified atom stereocenters. The number of piperidine rings is 2. The minimum absolute atomic E-state index is 0.243. The normalized spacial score (nSPS) is 30.8. The van der Waals surface area contributed by atoms with Crippen LogP contribution in [0.5, 0.6) is 0 Å². The predicted molar refractivity (Wildman–Crippen MR) is 74.6 cm³/mol. The monoisotopic (exact) mass is 256 g/mol. The highest BCUT2D eigenvalue weighted by atomic mass is 19.1. The van der Waals surface area contributed by atoms with Crippen molar-refractivity contribution in [3.8, 4) is 0 Å². The third-order valence-electron chi connectivity index (χ3n) is 5.30. The fourth-order valence-electron chi connectivity index (χ4n) is 3.94. The van der Waals surface area contributed by atoms with E-state index in [4.69, 9.17) is 0 Å². The van der Waals surface area contributed by atoms with Gasteiger partial charge in [-0.15, -0.1) is 0 Å². The van der Waals surface area contributed by atoms with Crippen LogP contribution in [0.4, 0.5) is 4.39 Å². The quantitative estimate of drug-likeness (QED) is 0.749. The first kappa shape index (κ1) is 14.3. The molecule has 0 aromatic rings. The van der Waals surface area contributed by atoms with Crippen molar-refractivity contribution in [3.63, 3.8) is 0 Å². The van der Waals surface area contributed by atoms with Gasteiger partial charge in [-0.2, -0.15) is 0 Å². The Morgan fingerprint density at radius 3 is 2.22 bits per heavy atom. The molecule has 0 bridgehead atoms. The number of nitrogens with zero attached hydrogens (tertiary/aromatic N) is 2. The van der Waals surface area contributed by atoms with E-state index in [9.17, 15) is 4.39 Å². The second-order valence-electron chi connectivity index (χ2n) is 7.25.